The molecule has 1 atom stereocenters. The predicted molar refractivity (Wildman–Crippen MR) is 147 cm³/mol. The zero-order valence-electron chi connectivity index (χ0n) is 21.4. The van der Waals surface area contributed by atoms with E-state index in [2.05, 4.69) is 10.2 Å². The molecule has 0 bridgehead atoms. The van der Waals surface area contributed by atoms with Crippen LogP contribution in [0.25, 0.3) is 0 Å². The first kappa shape index (κ1) is 25.1. The summed E-state index contributed by atoms with van der Waals surface area (Å²) in [6, 6.07) is 17.4. The van der Waals surface area contributed by atoms with Gasteiger partial charge in [-0.05, 0) is 68.8 Å². The molecule has 2 aliphatic heterocycles. The lowest BCUT2D eigenvalue weighted by molar-refractivity contribution is -0.127. The summed E-state index contributed by atoms with van der Waals surface area (Å²) < 4.78 is 6.13. The van der Waals surface area contributed by atoms with Crippen LogP contribution in [-0.4, -0.2) is 45.9 Å². The van der Waals surface area contributed by atoms with Gasteiger partial charge in [0.15, 0.2) is 5.17 Å². The van der Waals surface area contributed by atoms with E-state index in [1.54, 1.807) is 0 Å². The fraction of sp³-hybridized carbons (Fsp3) is 0.345. The van der Waals surface area contributed by atoms with E-state index in [4.69, 9.17) is 9.73 Å². The largest absolute Gasteiger partial charge is 0.457 e. The number of rotatable bonds is 9. The summed E-state index contributed by atoms with van der Waals surface area (Å²) in [5.74, 6) is 1.39. The van der Waals surface area contributed by atoms with Gasteiger partial charge in [-0.2, -0.15) is 0 Å². The van der Waals surface area contributed by atoms with Gasteiger partial charge in [0.25, 0.3) is 5.91 Å². The molecule has 0 saturated heterocycles. The molecule has 0 aromatic heterocycles. The first-order valence-corrected chi connectivity index (χ1v) is 13.7. The molecule has 0 radical (unpaired) electrons. The number of hydrogen-bond acceptors (Lipinski definition) is 6. The molecule has 37 heavy (non-hydrogen) atoms. The predicted octanol–water partition coefficient (Wildman–Crippen LogP) is 5.59. The van der Waals surface area contributed by atoms with Crippen LogP contribution in [0.5, 0.6) is 11.5 Å². The van der Waals surface area contributed by atoms with E-state index in [1.165, 1.54) is 11.8 Å². The minimum absolute atomic E-state index is 0.00148. The number of nitrogens with one attached hydrogen (secondary N) is 1. The average molecular weight is 517 g/mol. The minimum Gasteiger partial charge on any atom is -0.457 e. The number of aliphatic imine (C=N–C) groups is 1. The summed E-state index contributed by atoms with van der Waals surface area (Å²) in [4.78, 5) is 35.3. The highest BCUT2D eigenvalue weighted by atomic mass is 32.2. The van der Waals surface area contributed by atoms with Gasteiger partial charge >= 0.3 is 0 Å². The molecule has 0 spiro atoms. The molecule has 2 aromatic carbocycles. The molecule has 8 heteroatoms. The third-order valence-electron chi connectivity index (χ3n) is 6.72. The molecule has 1 aliphatic carbocycles. The number of thioether (sulfide) groups is 1. The number of allylic oxidation sites excluding steroid dienone is 1. The second kappa shape index (κ2) is 10.8. The van der Waals surface area contributed by atoms with Crippen LogP contribution in [0, 0.1) is 0 Å². The van der Waals surface area contributed by atoms with E-state index >= 15 is 0 Å². The maximum atomic E-state index is 13.8. The standard InChI is InChI=1S/C29H32N4O3S/c1-4-32(5-2)28(35)26-19(3)30-29-33(22(18-37-29)17-25(34)31-21-14-15-21)27(26)20-10-9-13-24(16-20)36-23-11-7-6-8-12-23/h6-13,16,18,21,27H,4-5,14-15,17H2,1-3H3,(H,31,34)/t27-/m1/s1. The Hall–Kier alpha value is -3.52. The fourth-order valence-electron chi connectivity index (χ4n) is 4.68. The number of fused-ring (bicyclic) bond motifs is 1. The van der Waals surface area contributed by atoms with E-state index in [0.717, 1.165) is 35.0 Å². The van der Waals surface area contributed by atoms with Crippen LogP contribution in [0.2, 0.25) is 0 Å². The van der Waals surface area contributed by atoms with Crippen LogP contribution in [0.4, 0.5) is 0 Å². The lowest BCUT2D eigenvalue weighted by atomic mass is 9.92. The molecule has 192 valence electrons. The fourth-order valence-corrected chi connectivity index (χ4v) is 5.65. The van der Waals surface area contributed by atoms with Crippen molar-refractivity contribution < 1.29 is 14.3 Å². The zero-order valence-corrected chi connectivity index (χ0v) is 22.3. The Balaban J connectivity index is 1.53. The third kappa shape index (κ3) is 5.44. The number of ether oxygens (including phenoxy) is 1. The number of carbonyl (C=O) groups excluding carboxylic acids is 2. The second-order valence-electron chi connectivity index (χ2n) is 9.38. The first-order valence-electron chi connectivity index (χ1n) is 12.8. The van der Waals surface area contributed by atoms with Crippen molar-refractivity contribution in [3.05, 3.63) is 82.5 Å². The molecule has 7 nitrogen and oxygen atoms in total. The van der Waals surface area contributed by atoms with Gasteiger partial charge in [-0.25, -0.2) is 4.99 Å². The highest BCUT2D eigenvalue weighted by molar-refractivity contribution is 8.16. The summed E-state index contributed by atoms with van der Waals surface area (Å²) in [6.07, 6.45) is 2.32. The summed E-state index contributed by atoms with van der Waals surface area (Å²) >= 11 is 1.50. The van der Waals surface area contributed by atoms with Crippen molar-refractivity contribution in [2.24, 2.45) is 4.99 Å². The smallest absolute Gasteiger partial charge is 0.254 e. The Morgan fingerprint density at radius 2 is 1.81 bits per heavy atom. The van der Waals surface area contributed by atoms with Crippen molar-refractivity contribution in [3.8, 4) is 11.5 Å². The van der Waals surface area contributed by atoms with Crippen molar-refractivity contribution in [2.45, 2.75) is 52.1 Å². The van der Waals surface area contributed by atoms with E-state index in [9.17, 15) is 9.59 Å². The van der Waals surface area contributed by atoms with Gasteiger partial charge in [0, 0.05) is 24.8 Å². The molecule has 1 N–H and O–H groups in total. The minimum atomic E-state index is -0.421. The summed E-state index contributed by atoms with van der Waals surface area (Å²) in [5.41, 5.74) is 3.08. The van der Waals surface area contributed by atoms with Crippen LogP contribution in [0.3, 0.4) is 0 Å². The maximum absolute atomic E-state index is 13.8. The molecule has 1 saturated carbocycles. The first-order chi connectivity index (χ1) is 18.0. The second-order valence-corrected chi connectivity index (χ2v) is 10.2. The van der Waals surface area contributed by atoms with Crippen molar-refractivity contribution in [1.82, 2.24) is 15.1 Å². The molecular weight excluding hydrogens is 484 g/mol. The summed E-state index contributed by atoms with van der Waals surface area (Å²) in [7, 11) is 0. The maximum Gasteiger partial charge on any atom is 0.254 e. The zero-order chi connectivity index (χ0) is 25.9. The van der Waals surface area contributed by atoms with Gasteiger partial charge in [0.1, 0.15) is 11.5 Å². The average Bonchev–Trinajstić information content (AvgIpc) is 3.63. The van der Waals surface area contributed by atoms with E-state index in [1.807, 2.05) is 85.7 Å². The Morgan fingerprint density at radius 3 is 2.51 bits per heavy atom. The van der Waals surface area contributed by atoms with Crippen LogP contribution in [0.1, 0.15) is 51.6 Å². The number of amidine groups is 1. The Labute approximate surface area is 222 Å². The Kier molecular flexibility index (Phi) is 7.37. The number of amides is 2. The summed E-state index contributed by atoms with van der Waals surface area (Å²) in [5, 5.41) is 5.85. The number of para-hydroxylation sites is 1. The van der Waals surface area contributed by atoms with E-state index < -0.39 is 6.04 Å². The van der Waals surface area contributed by atoms with Crippen LogP contribution in [0.15, 0.2) is 82.0 Å². The van der Waals surface area contributed by atoms with Crippen LogP contribution < -0.4 is 10.1 Å². The molecule has 2 amide bonds. The topological polar surface area (TPSA) is 74.2 Å². The van der Waals surface area contributed by atoms with Crippen LogP contribution >= 0.6 is 11.8 Å². The molecule has 1 fully saturated rings. The van der Waals surface area contributed by atoms with Crippen molar-refractivity contribution in [3.63, 3.8) is 0 Å². The SMILES string of the molecule is CCN(CC)C(=O)C1=C(C)N=C2SC=C(CC(=O)NC3CC3)N2[C@@H]1c1cccc(Oc2ccccc2)c1. The van der Waals surface area contributed by atoms with Gasteiger partial charge in [-0.15, -0.1) is 0 Å². The van der Waals surface area contributed by atoms with Gasteiger partial charge < -0.3 is 19.9 Å². The third-order valence-corrected chi connectivity index (χ3v) is 7.61. The monoisotopic (exact) mass is 516 g/mol. The Bertz CT molecular complexity index is 1280. The highest BCUT2D eigenvalue weighted by Gasteiger charge is 2.41. The molecule has 0 unspecified atom stereocenters. The van der Waals surface area contributed by atoms with Crippen molar-refractivity contribution in [2.75, 3.05) is 13.1 Å². The molecule has 2 heterocycles. The Morgan fingerprint density at radius 1 is 1.08 bits per heavy atom. The number of hydrogen-bond donors (Lipinski definition) is 1. The van der Waals surface area contributed by atoms with Gasteiger partial charge in [-0.3, -0.25) is 9.59 Å². The van der Waals surface area contributed by atoms with Gasteiger partial charge in [0.05, 0.1) is 23.7 Å². The van der Waals surface area contributed by atoms with Gasteiger partial charge in [-0.1, -0.05) is 42.1 Å². The lowest BCUT2D eigenvalue weighted by Gasteiger charge is -2.38. The number of nitrogens with zero attached hydrogens (tertiary/aromatic N) is 3. The van der Waals surface area contributed by atoms with Crippen molar-refractivity contribution >= 4 is 28.7 Å². The van der Waals surface area contributed by atoms with Crippen molar-refractivity contribution in [1.29, 1.82) is 0 Å². The number of benzene rings is 2. The molecular formula is C29H32N4O3S. The summed E-state index contributed by atoms with van der Waals surface area (Å²) in [6.45, 7) is 7.08. The van der Waals surface area contributed by atoms with E-state index in [0.29, 0.717) is 36.2 Å². The van der Waals surface area contributed by atoms with Gasteiger partial charge in [0.2, 0.25) is 5.91 Å². The lowest BCUT2D eigenvalue weighted by Crippen LogP contribution is -2.42. The quantitative estimate of drug-likeness (QED) is 0.470. The molecule has 3 aliphatic rings. The normalized spacial score (nSPS) is 18.7. The number of likely N-dealkylation sites (N-methyl/N-ethyl adjacent to an activating group) is 1. The molecule has 2 aromatic rings. The molecule has 5 rings (SSSR count). The number of carbonyl (C=O) groups is 2. The van der Waals surface area contributed by atoms with E-state index in [-0.39, 0.29) is 18.2 Å². The highest BCUT2D eigenvalue weighted by Crippen LogP contribution is 2.45. The van der Waals surface area contributed by atoms with Crippen LogP contribution in [-0.2, 0) is 9.59 Å².